The Kier molecular flexibility index (Phi) is 7.89. The van der Waals surface area contributed by atoms with E-state index in [0.717, 1.165) is 0 Å². The van der Waals surface area contributed by atoms with Crippen LogP contribution >= 0.6 is 35.0 Å². The molecule has 1 heterocycles. The molecule has 3 aromatic rings. The average Bonchev–Trinajstić information content (AvgIpc) is 3.12. The van der Waals surface area contributed by atoms with Gasteiger partial charge in [-0.2, -0.15) is 0 Å². The van der Waals surface area contributed by atoms with E-state index in [1.807, 2.05) is 6.92 Å². The minimum Gasteiger partial charge on any atom is -0.345 e. The molecule has 0 atom stereocenters. The predicted octanol–water partition coefficient (Wildman–Crippen LogP) is 4.40. The van der Waals surface area contributed by atoms with Gasteiger partial charge in [-0.05, 0) is 37.3 Å². The second kappa shape index (κ2) is 10.6. The third-order valence-electron chi connectivity index (χ3n) is 4.11. The van der Waals surface area contributed by atoms with Crippen LogP contribution in [-0.2, 0) is 17.9 Å². The van der Waals surface area contributed by atoms with Crippen molar-refractivity contribution in [3.05, 3.63) is 69.7 Å². The molecule has 11 heteroatoms. The number of aromatic nitrogens is 3. The maximum Gasteiger partial charge on any atom is 0.254 e. The molecule has 0 aliphatic rings. The molecule has 31 heavy (non-hydrogen) atoms. The molecular weight excluding hydrogens is 464 g/mol. The first-order chi connectivity index (χ1) is 14.9. The van der Waals surface area contributed by atoms with Crippen molar-refractivity contribution in [2.24, 2.45) is 0 Å². The van der Waals surface area contributed by atoms with Gasteiger partial charge in [-0.15, -0.1) is 10.2 Å². The monoisotopic (exact) mass is 481 g/mol. The fraction of sp³-hybridized carbons (Fsp3) is 0.200. The van der Waals surface area contributed by atoms with Gasteiger partial charge in [0, 0.05) is 22.3 Å². The van der Waals surface area contributed by atoms with Crippen LogP contribution in [0.1, 0.15) is 23.1 Å². The molecule has 0 bridgehead atoms. The number of nitrogens with one attached hydrogen (secondary N) is 2. The van der Waals surface area contributed by atoms with Crippen molar-refractivity contribution in [2.45, 2.75) is 25.2 Å². The minimum atomic E-state index is -0.597. The second-order valence-electron chi connectivity index (χ2n) is 6.30. The van der Waals surface area contributed by atoms with E-state index in [-0.39, 0.29) is 23.8 Å². The van der Waals surface area contributed by atoms with Gasteiger partial charge < -0.3 is 15.2 Å². The van der Waals surface area contributed by atoms with E-state index in [2.05, 4.69) is 20.8 Å². The Labute approximate surface area is 192 Å². The number of hydrogen-bond donors (Lipinski definition) is 2. The molecule has 0 saturated carbocycles. The van der Waals surface area contributed by atoms with E-state index < -0.39 is 11.7 Å². The highest BCUT2D eigenvalue weighted by atomic mass is 35.5. The van der Waals surface area contributed by atoms with Crippen LogP contribution in [-0.4, -0.2) is 32.3 Å². The van der Waals surface area contributed by atoms with Crippen LogP contribution in [0.3, 0.4) is 0 Å². The zero-order valence-electron chi connectivity index (χ0n) is 16.4. The lowest BCUT2D eigenvalue weighted by Crippen LogP contribution is -2.25. The molecule has 0 spiro atoms. The quantitative estimate of drug-likeness (QED) is 0.465. The summed E-state index contributed by atoms with van der Waals surface area (Å²) in [6, 6.07) is 10.5. The molecule has 0 aliphatic carbocycles. The third-order valence-corrected chi connectivity index (χ3v) is 5.52. The second-order valence-corrected chi connectivity index (χ2v) is 8.12. The van der Waals surface area contributed by atoms with Gasteiger partial charge in [-0.3, -0.25) is 9.59 Å². The molecule has 2 amide bonds. The molecule has 0 unspecified atom stereocenters. The third kappa shape index (κ3) is 6.19. The minimum absolute atomic E-state index is 0.0440. The van der Waals surface area contributed by atoms with Gasteiger partial charge in [0.05, 0.1) is 17.9 Å². The van der Waals surface area contributed by atoms with Crippen LogP contribution in [0.2, 0.25) is 10.0 Å². The Hall–Kier alpha value is -2.62. The molecule has 2 aromatic carbocycles. The number of thioether (sulfide) groups is 1. The predicted molar refractivity (Wildman–Crippen MR) is 119 cm³/mol. The van der Waals surface area contributed by atoms with Gasteiger partial charge >= 0.3 is 0 Å². The standard InChI is InChI=1S/C20H18Cl2FN5O2S/c1-2-28-17(10-24-19(30)15-5-3-4-6-16(15)23)26-27-20(28)31-11-18(29)25-14-8-12(21)7-13(22)9-14/h3-9H,2,10-11H2,1H3,(H,24,30)(H,25,29). The highest BCUT2D eigenvalue weighted by Gasteiger charge is 2.16. The van der Waals surface area contributed by atoms with E-state index >= 15 is 0 Å². The molecular formula is C20H18Cl2FN5O2S. The molecule has 0 aliphatic heterocycles. The number of amides is 2. The molecule has 3 rings (SSSR count). The topological polar surface area (TPSA) is 88.9 Å². The van der Waals surface area contributed by atoms with E-state index in [4.69, 9.17) is 23.2 Å². The van der Waals surface area contributed by atoms with Gasteiger partial charge in [0.1, 0.15) is 5.82 Å². The van der Waals surface area contributed by atoms with Crippen molar-refractivity contribution in [3.63, 3.8) is 0 Å². The van der Waals surface area contributed by atoms with Crippen molar-refractivity contribution >= 4 is 52.5 Å². The fourth-order valence-electron chi connectivity index (χ4n) is 2.73. The number of carbonyl (C=O) groups excluding carboxylic acids is 2. The summed E-state index contributed by atoms with van der Waals surface area (Å²) in [6.07, 6.45) is 0. The number of hydrogen-bond acceptors (Lipinski definition) is 5. The lowest BCUT2D eigenvalue weighted by Gasteiger charge is -2.09. The number of nitrogens with zero attached hydrogens (tertiary/aromatic N) is 3. The van der Waals surface area contributed by atoms with Crippen LogP contribution in [0.25, 0.3) is 0 Å². The first kappa shape index (κ1) is 23.1. The van der Waals surface area contributed by atoms with Crippen molar-refractivity contribution < 1.29 is 14.0 Å². The lowest BCUT2D eigenvalue weighted by molar-refractivity contribution is -0.113. The van der Waals surface area contributed by atoms with Crippen LogP contribution in [0.15, 0.2) is 47.6 Å². The summed E-state index contributed by atoms with van der Waals surface area (Å²) >= 11 is 13.1. The Morgan fingerprint density at radius 2 is 1.84 bits per heavy atom. The Balaban J connectivity index is 1.58. The van der Waals surface area contributed by atoms with E-state index in [0.29, 0.717) is 33.3 Å². The normalized spacial score (nSPS) is 10.7. The summed E-state index contributed by atoms with van der Waals surface area (Å²) in [7, 11) is 0. The summed E-state index contributed by atoms with van der Waals surface area (Å²) in [5.74, 6) is -0.818. The van der Waals surface area contributed by atoms with Gasteiger partial charge in [-0.1, -0.05) is 47.1 Å². The van der Waals surface area contributed by atoms with Crippen LogP contribution < -0.4 is 10.6 Å². The van der Waals surface area contributed by atoms with Crippen molar-refractivity contribution in [1.29, 1.82) is 0 Å². The molecule has 1 aromatic heterocycles. The highest BCUT2D eigenvalue weighted by Crippen LogP contribution is 2.23. The summed E-state index contributed by atoms with van der Waals surface area (Å²) in [6.45, 7) is 2.50. The van der Waals surface area contributed by atoms with Gasteiger partial charge in [0.15, 0.2) is 11.0 Å². The van der Waals surface area contributed by atoms with E-state index in [1.165, 1.54) is 30.0 Å². The maximum absolute atomic E-state index is 13.7. The number of halogens is 3. The van der Waals surface area contributed by atoms with Gasteiger partial charge in [-0.25, -0.2) is 4.39 Å². The average molecular weight is 482 g/mol. The summed E-state index contributed by atoms with van der Waals surface area (Å²) < 4.78 is 15.5. The van der Waals surface area contributed by atoms with Gasteiger partial charge in [0.25, 0.3) is 5.91 Å². The molecule has 0 fully saturated rings. The Morgan fingerprint density at radius 1 is 1.13 bits per heavy atom. The maximum atomic E-state index is 13.7. The largest absolute Gasteiger partial charge is 0.345 e. The lowest BCUT2D eigenvalue weighted by atomic mass is 10.2. The first-order valence-electron chi connectivity index (χ1n) is 9.21. The molecule has 2 N–H and O–H groups in total. The molecule has 7 nitrogen and oxygen atoms in total. The molecule has 162 valence electrons. The van der Waals surface area contributed by atoms with Crippen LogP contribution in [0.4, 0.5) is 10.1 Å². The zero-order valence-corrected chi connectivity index (χ0v) is 18.7. The Morgan fingerprint density at radius 3 is 2.52 bits per heavy atom. The number of benzene rings is 2. The SMILES string of the molecule is CCn1c(CNC(=O)c2ccccc2F)nnc1SCC(=O)Nc1cc(Cl)cc(Cl)c1. The van der Waals surface area contributed by atoms with Crippen LogP contribution in [0, 0.1) is 5.82 Å². The smallest absolute Gasteiger partial charge is 0.254 e. The zero-order chi connectivity index (χ0) is 22.4. The van der Waals surface area contributed by atoms with Crippen molar-refractivity contribution in [2.75, 3.05) is 11.1 Å². The first-order valence-corrected chi connectivity index (χ1v) is 10.9. The van der Waals surface area contributed by atoms with Gasteiger partial charge in [0.2, 0.25) is 5.91 Å². The number of anilines is 1. The molecule has 0 radical (unpaired) electrons. The van der Waals surface area contributed by atoms with Crippen molar-refractivity contribution in [1.82, 2.24) is 20.1 Å². The highest BCUT2D eigenvalue weighted by molar-refractivity contribution is 7.99. The summed E-state index contributed by atoms with van der Waals surface area (Å²) in [5.41, 5.74) is 0.453. The molecule has 0 saturated heterocycles. The van der Waals surface area contributed by atoms with Crippen LogP contribution in [0.5, 0.6) is 0 Å². The van der Waals surface area contributed by atoms with E-state index in [9.17, 15) is 14.0 Å². The van der Waals surface area contributed by atoms with Crippen molar-refractivity contribution in [3.8, 4) is 0 Å². The Bertz CT molecular complexity index is 1090. The van der Waals surface area contributed by atoms with E-state index in [1.54, 1.807) is 28.8 Å². The number of rotatable bonds is 8. The fourth-order valence-corrected chi connectivity index (χ4v) is 4.07. The number of carbonyl (C=O) groups is 2. The summed E-state index contributed by atoms with van der Waals surface area (Å²) in [4.78, 5) is 24.4. The summed E-state index contributed by atoms with van der Waals surface area (Å²) in [5, 5.41) is 14.9.